The van der Waals surface area contributed by atoms with E-state index in [2.05, 4.69) is 22.2 Å². The Labute approximate surface area is 147 Å². The topological polar surface area (TPSA) is 74.2 Å². The molecule has 2 unspecified atom stereocenters. The molecule has 0 bridgehead atoms. The Morgan fingerprint density at radius 3 is 2.56 bits per heavy atom. The molecule has 1 amide bonds. The smallest absolute Gasteiger partial charge is 0.321 e. The number of hydrogen-bond donors (Lipinski definition) is 1. The van der Waals surface area contributed by atoms with Gasteiger partial charge in [0.25, 0.3) is 0 Å². The molecule has 2 aliphatic heterocycles. The van der Waals surface area contributed by atoms with Gasteiger partial charge in [0, 0.05) is 26.2 Å². The monoisotopic (exact) mass is 344 g/mol. The number of aliphatic imine (C=N–C) groups is 1. The minimum Gasteiger partial charge on any atom is -0.465 e. The number of piperazine rings is 1. The molecular weight excluding hydrogens is 320 g/mol. The molecule has 1 N–H and O–H groups in total. The number of rotatable bonds is 3. The molecule has 0 saturated carbocycles. The Hall–Kier alpha value is -2.41. The van der Waals surface area contributed by atoms with Crippen LogP contribution in [0.4, 0.5) is 0 Å². The van der Waals surface area contributed by atoms with Gasteiger partial charge in [-0.1, -0.05) is 30.3 Å². The second-order valence-corrected chi connectivity index (χ2v) is 6.32. The number of carbonyl (C=O) groups is 2. The number of ether oxygens (including phenoxy) is 1. The number of esters is 1. The molecular formula is C18H24N4O3. The number of hydrogen-bond acceptors (Lipinski definition) is 6. The Bertz CT molecular complexity index is 654. The lowest BCUT2D eigenvalue weighted by molar-refractivity contribution is -0.153. The molecule has 7 heteroatoms. The Balaban J connectivity index is 1.91. The van der Waals surface area contributed by atoms with Crippen LogP contribution in [0.5, 0.6) is 0 Å². The van der Waals surface area contributed by atoms with E-state index in [-0.39, 0.29) is 12.5 Å². The van der Waals surface area contributed by atoms with Crippen molar-refractivity contribution in [1.29, 1.82) is 0 Å². The third-order valence-corrected chi connectivity index (χ3v) is 4.58. The van der Waals surface area contributed by atoms with Crippen LogP contribution in [-0.4, -0.2) is 67.5 Å². The quantitative estimate of drug-likeness (QED) is 0.643. The highest BCUT2D eigenvalue weighted by molar-refractivity contribution is 6.08. The second-order valence-electron chi connectivity index (χ2n) is 6.32. The summed E-state index contributed by atoms with van der Waals surface area (Å²) in [6.45, 7) is 5.37. The van der Waals surface area contributed by atoms with E-state index in [4.69, 9.17) is 9.73 Å². The fraction of sp³-hybridized carbons (Fsp3) is 0.500. The molecule has 134 valence electrons. The first kappa shape index (κ1) is 17.4. The number of nitrogens with one attached hydrogen (secondary N) is 1. The van der Waals surface area contributed by atoms with Gasteiger partial charge in [0.2, 0.25) is 11.9 Å². The lowest BCUT2D eigenvalue weighted by Crippen LogP contribution is -2.56. The molecule has 3 rings (SSSR count). The third-order valence-electron chi connectivity index (χ3n) is 4.58. The molecule has 2 heterocycles. The Kier molecular flexibility index (Phi) is 5.33. The van der Waals surface area contributed by atoms with E-state index in [1.54, 1.807) is 6.92 Å². The van der Waals surface area contributed by atoms with E-state index in [1.807, 2.05) is 30.3 Å². The lowest BCUT2D eigenvalue weighted by atomic mass is 9.91. The Morgan fingerprint density at radius 2 is 1.92 bits per heavy atom. The summed E-state index contributed by atoms with van der Waals surface area (Å²) in [6, 6.07) is 8.88. The molecule has 7 nitrogen and oxygen atoms in total. The van der Waals surface area contributed by atoms with Crippen LogP contribution < -0.4 is 5.32 Å². The summed E-state index contributed by atoms with van der Waals surface area (Å²) < 4.78 is 5.11. The van der Waals surface area contributed by atoms with Crippen molar-refractivity contribution in [2.75, 3.05) is 39.8 Å². The van der Waals surface area contributed by atoms with E-state index in [1.165, 1.54) is 0 Å². The van der Waals surface area contributed by atoms with Crippen LogP contribution in [0.15, 0.2) is 35.3 Å². The van der Waals surface area contributed by atoms with Crippen LogP contribution in [0, 0.1) is 5.92 Å². The maximum absolute atomic E-state index is 12.7. The van der Waals surface area contributed by atoms with Crippen LogP contribution >= 0.6 is 0 Å². The summed E-state index contributed by atoms with van der Waals surface area (Å²) in [5.74, 6) is -1.29. The zero-order valence-corrected chi connectivity index (χ0v) is 14.6. The molecule has 1 aromatic rings. The zero-order chi connectivity index (χ0) is 17.8. The first-order chi connectivity index (χ1) is 12.1. The van der Waals surface area contributed by atoms with E-state index in [0.717, 1.165) is 31.7 Å². The van der Waals surface area contributed by atoms with Crippen LogP contribution in [0.2, 0.25) is 0 Å². The molecule has 2 atom stereocenters. The van der Waals surface area contributed by atoms with Crippen LogP contribution in [0.25, 0.3) is 0 Å². The summed E-state index contributed by atoms with van der Waals surface area (Å²) in [7, 11) is 2.07. The van der Waals surface area contributed by atoms with Crippen molar-refractivity contribution in [2.24, 2.45) is 10.9 Å². The van der Waals surface area contributed by atoms with Crippen molar-refractivity contribution in [3.8, 4) is 0 Å². The predicted molar refractivity (Wildman–Crippen MR) is 94.0 cm³/mol. The molecule has 0 radical (unpaired) electrons. The molecule has 1 fully saturated rings. The van der Waals surface area contributed by atoms with Crippen molar-refractivity contribution < 1.29 is 14.3 Å². The van der Waals surface area contributed by atoms with Gasteiger partial charge in [0.05, 0.1) is 6.61 Å². The number of amides is 1. The minimum absolute atomic E-state index is 0.235. The van der Waals surface area contributed by atoms with Crippen molar-refractivity contribution in [3.05, 3.63) is 35.9 Å². The molecule has 0 aromatic heterocycles. The van der Waals surface area contributed by atoms with Gasteiger partial charge in [0.1, 0.15) is 6.04 Å². The number of benzene rings is 1. The largest absolute Gasteiger partial charge is 0.465 e. The van der Waals surface area contributed by atoms with E-state index >= 15 is 0 Å². The molecule has 1 aromatic carbocycles. The van der Waals surface area contributed by atoms with Crippen LogP contribution in [0.1, 0.15) is 18.5 Å². The van der Waals surface area contributed by atoms with Gasteiger partial charge < -0.3 is 14.5 Å². The summed E-state index contributed by atoms with van der Waals surface area (Å²) in [5, 5.41) is 2.81. The maximum Gasteiger partial charge on any atom is 0.321 e. The standard InChI is InChI=1S/C18H24N4O3/c1-3-25-17(24)14-15(13-7-5-4-6-8-13)19-18(20-16(14)23)22-11-9-21(2)10-12-22/h4-8,14-15H,3,9-12H2,1-2H3,(H,19,20,23). The first-order valence-electron chi connectivity index (χ1n) is 8.64. The highest BCUT2D eigenvalue weighted by Crippen LogP contribution is 2.30. The molecule has 0 aliphatic carbocycles. The van der Waals surface area contributed by atoms with E-state index < -0.39 is 17.9 Å². The molecule has 25 heavy (non-hydrogen) atoms. The van der Waals surface area contributed by atoms with Crippen molar-refractivity contribution in [3.63, 3.8) is 0 Å². The normalized spacial score (nSPS) is 24.5. The molecule has 1 saturated heterocycles. The van der Waals surface area contributed by atoms with E-state index in [9.17, 15) is 9.59 Å². The van der Waals surface area contributed by atoms with Gasteiger partial charge in [-0.05, 0) is 19.5 Å². The minimum atomic E-state index is -0.960. The maximum atomic E-state index is 12.7. The van der Waals surface area contributed by atoms with Gasteiger partial charge in [-0.15, -0.1) is 0 Å². The SMILES string of the molecule is CCOC(=O)C1C(=O)NC(N2CCN(C)CC2)=NC1c1ccccc1. The first-order valence-corrected chi connectivity index (χ1v) is 8.64. The number of likely N-dealkylation sites (N-methyl/N-ethyl adjacent to an activating group) is 1. The molecule has 0 spiro atoms. The van der Waals surface area contributed by atoms with Gasteiger partial charge >= 0.3 is 5.97 Å². The lowest BCUT2D eigenvalue weighted by Gasteiger charge is -2.37. The zero-order valence-electron chi connectivity index (χ0n) is 14.6. The average Bonchev–Trinajstić information content (AvgIpc) is 2.62. The van der Waals surface area contributed by atoms with Gasteiger partial charge in [-0.2, -0.15) is 0 Å². The van der Waals surface area contributed by atoms with Crippen molar-refractivity contribution in [1.82, 2.24) is 15.1 Å². The Morgan fingerprint density at radius 1 is 1.24 bits per heavy atom. The third kappa shape index (κ3) is 3.82. The summed E-state index contributed by atoms with van der Waals surface area (Å²) in [4.78, 5) is 34.1. The van der Waals surface area contributed by atoms with Gasteiger partial charge in [-0.25, -0.2) is 4.99 Å². The number of nitrogens with zero attached hydrogens (tertiary/aromatic N) is 3. The van der Waals surface area contributed by atoms with E-state index in [0.29, 0.717) is 5.96 Å². The summed E-state index contributed by atoms with van der Waals surface area (Å²) in [5.41, 5.74) is 0.835. The molecule has 2 aliphatic rings. The summed E-state index contributed by atoms with van der Waals surface area (Å²) >= 11 is 0. The fourth-order valence-corrected chi connectivity index (χ4v) is 3.13. The second kappa shape index (κ2) is 7.65. The fourth-order valence-electron chi connectivity index (χ4n) is 3.13. The highest BCUT2D eigenvalue weighted by Gasteiger charge is 2.42. The average molecular weight is 344 g/mol. The van der Waals surface area contributed by atoms with Crippen LogP contribution in [0.3, 0.4) is 0 Å². The number of carbonyl (C=O) groups excluding carboxylic acids is 2. The van der Waals surface area contributed by atoms with Gasteiger partial charge in [0.15, 0.2) is 5.92 Å². The van der Waals surface area contributed by atoms with Crippen LogP contribution in [-0.2, 0) is 14.3 Å². The van der Waals surface area contributed by atoms with Gasteiger partial charge in [-0.3, -0.25) is 14.9 Å². The van der Waals surface area contributed by atoms with Crippen molar-refractivity contribution in [2.45, 2.75) is 13.0 Å². The highest BCUT2D eigenvalue weighted by atomic mass is 16.5. The number of guanidine groups is 1. The summed E-state index contributed by atoms with van der Waals surface area (Å²) in [6.07, 6.45) is 0. The van der Waals surface area contributed by atoms with Crippen molar-refractivity contribution >= 4 is 17.8 Å². The predicted octanol–water partition coefficient (Wildman–Crippen LogP) is 0.640.